The highest BCUT2D eigenvalue weighted by molar-refractivity contribution is 14.1. The van der Waals surface area contributed by atoms with Gasteiger partial charge in [-0.1, -0.05) is 0 Å². The predicted molar refractivity (Wildman–Crippen MR) is 71.7 cm³/mol. The molecule has 16 heavy (non-hydrogen) atoms. The lowest BCUT2D eigenvalue weighted by atomic mass is 10.2. The number of halogens is 1. The molecule has 0 saturated carbocycles. The van der Waals surface area contributed by atoms with Crippen LogP contribution in [-0.4, -0.2) is 12.9 Å². The van der Waals surface area contributed by atoms with Crippen LogP contribution in [0.2, 0.25) is 0 Å². The van der Waals surface area contributed by atoms with Crippen molar-refractivity contribution in [3.63, 3.8) is 0 Å². The minimum absolute atomic E-state index is 0.195. The quantitative estimate of drug-likeness (QED) is 0.867. The van der Waals surface area contributed by atoms with Crippen molar-refractivity contribution in [2.24, 2.45) is 0 Å². The van der Waals surface area contributed by atoms with Crippen LogP contribution in [0.15, 0.2) is 30.0 Å². The third-order valence-electron chi connectivity index (χ3n) is 2.44. The number of benzene rings is 1. The zero-order chi connectivity index (χ0) is 11.5. The topological polar surface area (TPSA) is 38.3 Å². The minimum atomic E-state index is 0.195. The van der Waals surface area contributed by atoms with E-state index in [-0.39, 0.29) is 5.78 Å². The number of nitrogens with one attached hydrogen (secondary N) is 1. The average Bonchev–Trinajstić information content (AvgIpc) is 2.67. The normalized spacial score (nSPS) is 14.9. The molecule has 1 aromatic carbocycles. The average molecular weight is 329 g/mol. The van der Waals surface area contributed by atoms with Gasteiger partial charge in [0, 0.05) is 27.8 Å². The second-order valence-electron chi connectivity index (χ2n) is 3.61. The highest BCUT2D eigenvalue weighted by Gasteiger charge is 2.13. The maximum absolute atomic E-state index is 11.1. The summed E-state index contributed by atoms with van der Waals surface area (Å²) >= 11 is 2.25. The second kappa shape index (κ2) is 4.86. The van der Waals surface area contributed by atoms with Gasteiger partial charge in [0.2, 0.25) is 0 Å². The van der Waals surface area contributed by atoms with E-state index in [4.69, 9.17) is 4.74 Å². The molecule has 4 heteroatoms. The standard InChI is InChI=1S/C12H12INO2/c1-16-10-4-5-11(13)12(7-10)14-8-2-3-9(15)6-8/h4-7,14H,2-3H2,1H3. The van der Waals surface area contributed by atoms with Gasteiger partial charge in [-0.2, -0.15) is 0 Å². The monoisotopic (exact) mass is 329 g/mol. The number of anilines is 1. The number of allylic oxidation sites excluding steroid dienone is 2. The van der Waals surface area contributed by atoms with Gasteiger partial charge in [0.25, 0.3) is 0 Å². The van der Waals surface area contributed by atoms with Crippen LogP contribution in [0.4, 0.5) is 5.69 Å². The van der Waals surface area contributed by atoms with Crippen LogP contribution in [-0.2, 0) is 4.79 Å². The van der Waals surface area contributed by atoms with Crippen LogP contribution < -0.4 is 10.1 Å². The zero-order valence-electron chi connectivity index (χ0n) is 8.92. The smallest absolute Gasteiger partial charge is 0.157 e. The molecule has 0 radical (unpaired) electrons. The first kappa shape index (κ1) is 11.4. The van der Waals surface area contributed by atoms with Crippen molar-refractivity contribution in [3.05, 3.63) is 33.5 Å². The summed E-state index contributed by atoms with van der Waals surface area (Å²) in [4.78, 5) is 11.1. The van der Waals surface area contributed by atoms with Crippen molar-refractivity contribution < 1.29 is 9.53 Å². The molecule has 84 valence electrons. The van der Waals surface area contributed by atoms with Crippen LogP contribution in [0.25, 0.3) is 0 Å². The Bertz CT molecular complexity index is 454. The van der Waals surface area contributed by atoms with E-state index < -0.39 is 0 Å². The number of ether oxygens (including phenoxy) is 1. The van der Waals surface area contributed by atoms with Gasteiger partial charge in [0.1, 0.15) is 5.75 Å². The third-order valence-corrected chi connectivity index (χ3v) is 3.39. The molecule has 1 aliphatic rings. The number of carbonyl (C=O) groups excluding carboxylic acids is 1. The molecule has 0 fully saturated rings. The molecule has 1 aliphatic carbocycles. The van der Waals surface area contributed by atoms with E-state index in [0.717, 1.165) is 27.1 Å². The minimum Gasteiger partial charge on any atom is -0.497 e. The molecule has 0 amide bonds. The van der Waals surface area contributed by atoms with Crippen molar-refractivity contribution in [1.29, 1.82) is 0 Å². The van der Waals surface area contributed by atoms with E-state index in [2.05, 4.69) is 27.9 Å². The van der Waals surface area contributed by atoms with Gasteiger partial charge in [-0.25, -0.2) is 0 Å². The summed E-state index contributed by atoms with van der Waals surface area (Å²) in [5.41, 5.74) is 1.97. The lowest BCUT2D eigenvalue weighted by Crippen LogP contribution is -1.99. The SMILES string of the molecule is COc1ccc(I)c(NC2=CC(=O)CC2)c1. The van der Waals surface area contributed by atoms with Crippen LogP contribution in [0.1, 0.15) is 12.8 Å². The Balaban J connectivity index is 2.20. The van der Waals surface area contributed by atoms with E-state index in [1.807, 2.05) is 18.2 Å². The summed E-state index contributed by atoms with van der Waals surface area (Å²) in [6, 6.07) is 5.84. The molecule has 0 spiro atoms. The van der Waals surface area contributed by atoms with E-state index in [1.165, 1.54) is 0 Å². The molecule has 0 heterocycles. The predicted octanol–water partition coefficient (Wildman–Crippen LogP) is 2.96. The maximum Gasteiger partial charge on any atom is 0.157 e. The second-order valence-corrected chi connectivity index (χ2v) is 4.77. The van der Waals surface area contributed by atoms with Crippen molar-refractivity contribution in [2.75, 3.05) is 12.4 Å². The fourth-order valence-corrected chi connectivity index (χ4v) is 2.07. The Labute approximate surface area is 108 Å². The molecule has 1 N–H and O–H groups in total. The van der Waals surface area contributed by atoms with E-state index >= 15 is 0 Å². The summed E-state index contributed by atoms with van der Waals surface area (Å²) in [5.74, 6) is 1.01. The van der Waals surface area contributed by atoms with Gasteiger partial charge in [-0.15, -0.1) is 0 Å². The number of carbonyl (C=O) groups is 1. The highest BCUT2D eigenvalue weighted by Crippen LogP contribution is 2.27. The number of methoxy groups -OCH3 is 1. The Morgan fingerprint density at radius 3 is 2.81 bits per heavy atom. The molecule has 0 unspecified atom stereocenters. The first-order valence-electron chi connectivity index (χ1n) is 5.03. The highest BCUT2D eigenvalue weighted by atomic mass is 127. The molecule has 0 aromatic heterocycles. The van der Waals surface area contributed by atoms with Crippen molar-refractivity contribution in [3.8, 4) is 5.75 Å². The lowest BCUT2D eigenvalue weighted by molar-refractivity contribution is -0.114. The molecule has 0 atom stereocenters. The summed E-state index contributed by atoms with van der Waals surface area (Å²) in [6.07, 6.45) is 3.09. The summed E-state index contributed by atoms with van der Waals surface area (Å²) < 4.78 is 6.28. The fraction of sp³-hybridized carbons (Fsp3) is 0.250. The fourth-order valence-electron chi connectivity index (χ4n) is 1.60. The Morgan fingerprint density at radius 1 is 1.38 bits per heavy atom. The molecule has 0 saturated heterocycles. The largest absolute Gasteiger partial charge is 0.497 e. The van der Waals surface area contributed by atoms with Gasteiger partial charge in [-0.05, 0) is 41.1 Å². The summed E-state index contributed by atoms with van der Waals surface area (Å²) in [7, 11) is 1.64. The number of hydrogen-bond acceptors (Lipinski definition) is 3. The summed E-state index contributed by atoms with van der Waals surface area (Å²) in [5, 5.41) is 3.27. The summed E-state index contributed by atoms with van der Waals surface area (Å²) in [6.45, 7) is 0. The van der Waals surface area contributed by atoms with Crippen LogP contribution in [0.5, 0.6) is 5.75 Å². The number of ketones is 1. The first-order chi connectivity index (χ1) is 7.69. The molecular formula is C12H12INO2. The van der Waals surface area contributed by atoms with Crippen LogP contribution in [0.3, 0.4) is 0 Å². The van der Waals surface area contributed by atoms with E-state index in [0.29, 0.717) is 6.42 Å². The van der Waals surface area contributed by atoms with Crippen molar-refractivity contribution >= 4 is 34.1 Å². The van der Waals surface area contributed by atoms with Gasteiger partial charge in [-0.3, -0.25) is 4.79 Å². The number of hydrogen-bond donors (Lipinski definition) is 1. The maximum atomic E-state index is 11.1. The molecular weight excluding hydrogens is 317 g/mol. The van der Waals surface area contributed by atoms with Gasteiger partial charge >= 0.3 is 0 Å². The van der Waals surface area contributed by atoms with Gasteiger partial charge < -0.3 is 10.1 Å². The van der Waals surface area contributed by atoms with Crippen LogP contribution in [0, 0.1) is 3.57 Å². The van der Waals surface area contributed by atoms with E-state index in [9.17, 15) is 4.79 Å². The molecule has 1 aromatic rings. The Kier molecular flexibility index (Phi) is 3.48. The Morgan fingerprint density at radius 2 is 2.19 bits per heavy atom. The molecule has 0 bridgehead atoms. The number of rotatable bonds is 3. The lowest BCUT2D eigenvalue weighted by Gasteiger charge is -2.10. The zero-order valence-corrected chi connectivity index (χ0v) is 11.1. The van der Waals surface area contributed by atoms with Crippen molar-refractivity contribution in [2.45, 2.75) is 12.8 Å². The van der Waals surface area contributed by atoms with Gasteiger partial charge in [0.05, 0.1) is 12.8 Å². The first-order valence-corrected chi connectivity index (χ1v) is 6.11. The van der Waals surface area contributed by atoms with Gasteiger partial charge in [0.15, 0.2) is 5.78 Å². The third kappa shape index (κ3) is 2.55. The molecule has 0 aliphatic heterocycles. The van der Waals surface area contributed by atoms with Crippen LogP contribution >= 0.6 is 22.6 Å². The van der Waals surface area contributed by atoms with Crippen molar-refractivity contribution in [1.82, 2.24) is 0 Å². The Hall–Kier alpha value is -1.04. The molecule has 2 rings (SSSR count). The molecule has 3 nitrogen and oxygen atoms in total. The van der Waals surface area contributed by atoms with E-state index in [1.54, 1.807) is 13.2 Å².